The van der Waals surface area contributed by atoms with Gasteiger partial charge < -0.3 is 4.90 Å². The largest absolute Gasteiger partial charge is 0.369 e. The van der Waals surface area contributed by atoms with Gasteiger partial charge in [0.25, 0.3) is 0 Å². The molecule has 0 saturated carbocycles. The van der Waals surface area contributed by atoms with Crippen LogP contribution < -0.4 is 4.90 Å². The average Bonchev–Trinajstić information content (AvgIpc) is 3.02. The first-order valence-electron chi connectivity index (χ1n) is 7.30. The second kappa shape index (κ2) is 6.45. The van der Waals surface area contributed by atoms with E-state index in [2.05, 4.69) is 39.2 Å². The molecular weight excluding hydrogens is 286 g/mol. The fourth-order valence-corrected chi connectivity index (χ4v) is 2.90. The molecule has 0 unspecified atom stereocenters. The van der Waals surface area contributed by atoms with Gasteiger partial charge in [-0.2, -0.15) is 0 Å². The average molecular weight is 306 g/mol. The number of piperazine rings is 1. The zero-order chi connectivity index (χ0) is 14.7. The molecule has 1 aliphatic heterocycles. The van der Waals surface area contributed by atoms with Crippen LogP contribution >= 0.6 is 11.6 Å². The summed E-state index contributed by atoms with van der Waals surface area (Å²) in [4.78, 5) is 4.89. The van der Waals surface area contributed by atoms with Crippen molar-refractivity contribution in [3.8, 4) is 0 Å². The second-order valence-electron chi connectivity index (χ2n) is 5.43. The van der Waals surface area contributed by atoms with E-state index in [4.69, 9.17) is 11.6 Å². The Morgan fingerprint density at radius 3 is 2.67 bits per heavy atom. The quantitative estimate of drug-likeness (QED) is 0.866. The number of aryl methyl sites for hydroxylation is 1. The Hall–Kier alpha value is -1.59. The molecular formula is C15H20ClN5. The zero-order valence-electron chi connectivity index (χ0n) is 12.2. The van der Waals surface area contributed by atoms with Gasteiger partial charge in [0, 0.05) is 49.6 Å². The summed E-state index contributed by atoms with van der Waals surface area (Å²) < 4.78 is 1.88. The second-order valence-corrected chi connectivity index (χ2v) is 5.86. The molecule has 5 nitrogen and oxygen atoms in total. The zero-order valence-corrected chi connectivity index (χ0v) is 13.0. The maximum absolute atomic E-state index is 6.12. The molecule has 2 heterocycles. The molecule has 0 atom stereocenters. The summed E-state index contributed by atoms with van der Waals surface area (Å²) in [6, 6.07) is 6.12. The van der Waals surface area contributed by atoms with Crippen molar-refractivity contribution in [2.24, 2.45) is 0 Å². The minimum Gasteiger partial charge on any atom is -0.369 e. The van der Waals surface area contributed by atoms with Crippen molar-refractivity contribution in [3.63, 3.8) is 0 Å². The molecule has 1 aliphatic rings. The third-order valence-electron chi connectivity index (χ3n) is 4.00. The van der Waals surface area contributed by atoms with Crippen molar-refractivity contribution >= 4 is 17.3 Å². The first-order valence-corrected chi connectivity index (χ1v) is 7.68. The topological polar surface area (TPSA) is 37.2 Å². The number of halogens is 1. The monoisotopic (exact) mass is 305 g/mol. The van der Waals surface area contributed by atoms with Crippen molar-refractivity contribution in [1.82, 2.24) is 19.9 Å². The summed E-state index contributed by atoms with van der Waals surface area (Å²) in [6.07, 6.45) is 3.63. The van der Waals surface area contributed by atoms with E-state index in [1.165, 1.54) is 11.3 Å². The molecule has 0 aliphatic carbocycles. The van der Waals surface area contributed by atoms with Crippen molar-refractivity contribution in [3.05, 3.63) is 41.2 Å². The Kier molecular flexibility index (Phi) is 4.41. The SMILES string of the molecule is Cc1ccc(Cl)cc1N1CCN(CCn2ccnn2)CC1. The van der Waals surface area contributed by atoms with E-state index in [1.807, 2.05) is 16.9 Å². The van der Waals surface area contributed by atoms with Gasteiger partial charge in [-0.05, 0) is 24.6 Å². The summed E-state index contributed by atoms with van der Waals surface area (Å²) in [5.41, 5.74) is 2.55. The van der Waals surface area contributed by atoms with Crippen molar-refractivity contribution in [2.75, 3.05) is 37.6 Å². The van der Waals surface area contributed by atoms with E-state index in [0.29, 0.717) is 0 Å². The van der Waals surface area contributed by atoms with E-state index in [0.717, 1.165) is 44.3 Å². The smallest absolute Gasteiger partial charge is 0.0692 e. The molecule has 1 aromatic heterocycles. The van der Waals surface area contributed by atoms with Gasteiger partial charge in [0.2, 0.25) is 0 Å². The van der Waals surface area contributed by atoms with Crippen LogP contribution in [0, 0.1) is 6.92 Å². The van der Waals surface area contributed by atoms with Crippen LogP contribution in [0.2, 0.25) is 5.02 Å². The van der Waals surface area contributed by atoms with Gasteiger partial charge in [-0.15, -0.1) is 5.10 Å². The first kappa shape index (κ1) is 14.4. The molecule has 0 N–H and O–H groups in total. The van der Waals surface area contributed by atoms with Crippen LogP contribution in [0.25, 0.3) is 0 Å². The predicted molar refractivity (Wildman–Crippen MR) is 84.9 cm³/mol. The van der Waals surface area contributed by atoms with Gasteiger partial charge in [0.1, 0.15) is 0 Å². The van der Waals surface area contributed by atoms with Crippen molar-refractivity contribution in [1.29, 1.82) is 0 Å². The van der Waals surface area contributed by atoms with Crippen molar-refractivity contribution in [2.45, 2.75) is 13.5 Å². The summed E-state index contributed by atoms with van der Waals surface area (Å²) in [7, 11) is 0. The number of rotatable bonds is 4. The number of hydrogen-bond acceptors (Lipinski definition) is 4. The molecule has 1 saturated heterocycles. The molecule has 3 rings (SSSR count). The lowest BCUT2D eigenvalue weighted by atomic mass is 10.1. The summed E-state index contributed by atoms with van der Waals surface area (Å²) in [5.74, 6) is 0. The van der Waals surface area contributed by atoms with Gasteiger partial charge in [0.05, 0.1) is 12.7 Å². The number of aromatic nitrogens is 3. The van der Waals surface area contributed by atoms with Gasteiger partial charge in [-0.1, -0.05) is 22.9 Å². The minimum absolute atomic E-state index is 0.809. The van der Waals surface area contributed by atoms with E-state index in [1.54, 1.807) is 6.20 Å². The standard InChI is InChI=1S/C15H20ClN5/c1-13-2-3-14(16)12-15(13)20-9-6-19(7-10-20)8-11-21-5-4-17-18-21/h2-5,12H,6-11H2,1H3. The lowest BCUT2D eigenvalue weighted by molar-refractivity contribution is 0.243. The Labute approximate surface area is 130 Å². The van der Waals surface area contributed by atoms with E-state index >= 15 is 0 Å². The molecule has 1 fully saturated rings. The first-order chi connectivity index (χ1) is 10.2. The van der Waals surface area contributed by atoms with Crippen LogP contribution in [-0.4, -0.2) is 52.6 Å². The molecule has 6 heteroatoms. The Morgan fingerprint density at radius 1 is 1.14 bits per heavy atom. The molecule has 0 bridgehead atoms. The molecule has 112 valence electrons. The number of benzene rings is 1. The van der Waals surface area contributed by atoms with E-state index < -0.39 is 0 Å². The van der Waals surface area contributed by atoms with Crippen LogP contribution in [0.5, 0.6) is 0 Å². The molecule has 0 spiro atoms. The molecule has 0 amide bonds. The fourth-order valence-electron chi connectivity index (χ4n) is 2.73. The van der Waals surface area contributed by atoms with Crippen LogP contribution in [0.15, 0.2) is 30.6 Å². The van der Waals surface area contributed by atoms with Crippen LogP contribution in [0.3, 0.4) is 0 Å². The molecule has 21 heavy (non-hydrogen) atoms. The van der Waals surface area contributed by atoms with Gasteiger partial charge in [-0.3, -0.25) is 9.58 Å². The normalized spacial score (nSPS) is 16.4. The molecule has 0 radical (unpaired) electrons. The molecule has 2 aromatic rings. The fraction of sp³-hybridized carbons (Fsp3) is 0.467. The number of nitrogens with zero attached hydrogens (tertiary/aromatic N) is 5. The van der Waals surface area contributed by atoms with Crippen LogP contribution in [0.1, 0.15) is 5.56 Å². The highest BCUT2D eigenvalue weighted by atomic mass is 35.5. The lowest BCUT2D eigenvalue weighted by Gasteiger charge is -2.36. The lowest BCUT2D eigenvalue weighted by Crippen LogP contribution is -2.47. The summed E-state index contributed by atoms with van der Waals surface area (Å²) >= 11 is 6.12. The van der Waals surface area contributed by atoms with Gasteiger partial charge in [0.15, 0.2) is 0 Å². The third-order valence-corrected chi connectivity index (χ3v) is 4.24. The minimum atomic E-state index is 0.809. The Bertz CT molecular complexity index is 576. The van der Waals surface area contributed by atoms with Gasteiger partial charge in [-0.25, -0.2) is 0 Å². The number of hydrogen-bond donors (Lipinski definition) is 0. The predicted octanol–water partition coefficient (Wildman–Crippen LogP) is 2.06. The van der Waals surface area contributed by atoms with Crippen molar-refractivity contribution < 1.29 is 0 Å². The summed E-state index contributed by atoms with van der Waals surface area (Å²) in [6.45, 7) is 8.28. The third kappa shape index (κ3) is 3.54. The highest BCUT2D eigenvalue weighted by Crippen LogP contribution is 2.25. The Morgan fingerprint density at radius 2 is 1.95 bits per heavy atom. The highest BCUT2D eigenvalue weighted by Gasteiger charge is 2.18. The Balaban J connectivity index is 1.54. The van der Waals surface area contributed by atoms with Crippen LogP contribution in [0.4, 0.5) is 5.69 Å². The highest BCUT2D eigenvalue weighted by molar-refractivity contribution is 6.30. The maximum Gasteiger partial charge on any atom is 0.0692 e. The maximum atomic E-state index is 6.12. The van der Waals surface area contributed by atoms with Crippen LogP contribution in [-0.2, 0) is 6.54 Å². The van der Waals surface area contributed by atoms with Gasteiger partial charge >= 0.3 is 0 Å². The summed E-state index contributed by atoms with van der Waals surface area (Å²) in [5, 5.41) is 8.64. The number of anilines is 1. The van der Waals surface area contributed by atoms with E-state index in [9.17, 15) is 0 Å². The van der Waals surface area contributed by atoms with E-state index in [-0.39, 0.29) is 0 Å². The molecule has 1 aromatic carbocycles.